The van der Waals surface area contributed by atoms with Crippen molar-refractivity contribution < 1.29 is 72.0 Å². The number of fused-ring (bicyclic) bond motifs is 5. The molecule has 3 unspecified atom stereocenters. The number of aryl methyl sites for hydroxylation is 1. The van der Waals surface area contributed by atoms with E-state index in [-0.39, 0.29) is 80.3 Å². The van der Waals surface area contributed by atoms with Crippen LogP contribution in [-0.4, -0.2) is 157 Å². The second kappa shape index (κ2) is 39.4. The zero-order valence-electron chi connectivity index (χ0n) is 49.7. The highest BCUT2D eigenvalue weighted by molar-refractivity contribution is 9.09. The van der Waals surface area contributed by atoms with Gasteiger partial charge in [0, 0.05) is 75.6 Å². The summed E-state index contributed by atoms with van der Waals surface area (Å²) in [6.07, 6.45) is 11.4. The number of primary amides is 1. The second-order valence-electron chi connectivity index (χ2n) is 20.7. The fourth-order valence-corrected chi connectivity index (χ4v) is 10.1. The molecule has 5 rings (SSSR count). The van der Waals surface area contributed by atoms with Crippen LogP contribution < -0.4 is 47.3 Å². The van der Waals surface area contributed by atoms with Crippen molar-refractivity contribution in [3.8, 4) is 5.75 Å². The van der Waals surface area contributed by atoms with E-state index >= 15 is 0 Å². The standard InChI is InChI=1S/C25H37Br2FN6O5.C25H31ClN2O6.C5H9NO3.C3H8/c1-16-8-9-18(12-19(16)28)33-24(38)20(6-5-11-31-25(29)39)34-22(36)15-32-21(35)7-3-2-4-10-30-23(37)17(13-26)14-27;1-15-6-4-5-9-25(31)14-17(33-24(30)27-25)13-20-19(34-20)7-8-22(29)28(2)18-11-16(10-15)12-21(32-3)23(18)26;1-4(5(8)9)6(2)3-7;1-3-2/h8-9,12,17,20H,2-7,10-11,13-15H2,1H3,(H,30,37)(H,32,35)(H,33,38)(H,34,36)(H3,29,31,39);4-6,11-12,17,19-20,31H,7-10,13-14H2,1-3H3,(H,27,30);3-4H,1-2H3,(H,8,9);3H2,1-2H3/b;5-4+,15-6+;;/t;17?,19?,20-,25+;4-;/m.00./s1. The van der Waals surface area contributed by atoms with Crippen LogP contribution in [0.15, 0.2) is 54.1 Å². The van der Waals surface area contributed by atoms with Gasteiger partial charge in [0.2, 0.25) is 35.9 Å². The molecule has 3 aliphatic rings. The number of carboxylic acids is 1. The number of nitrogens with two attached hydrogens (primary N) is 1. The van der Waals surface area contributed by atoms with Crippen LogP contribution in [0.25, 0.3) is 0 Å². The maximum Gasteiger partial charge on any atom is 0.409 e. The number of likely N-dealkylation sites (N-methyl/N-ethyl adjacent to an activating group) is 1. The van der Waals surface area contributed by atoms with Crippen molar-refractivity contribution in [3.63, 3.8) is 0 Å². The number of aliphatic hydroxyl groups is 1. The van der Waals surface area contributed by atoms with Crippen LogP contribution >= 0.6 is 43.5 Å². The Labute approximate surface area is 519 Å². The van der Waals surface area contributed by atoms with Crippen molar-refractivity contribution in [3.05, 3.63) is 76.1 Å². The number of carbonyl (C=O) groups excluding carboxylic acids is 8. The van der Waals surface area contributed by atoms with Gasteiger partial charge in [-0.25, -0.2) is 18.8 Å². The lowest BCUT2D eigenvalue weighted by Crippen LogP contribution is -2.56. The minimum Gasteiger partial charge on any atom is -0.495 e. The quantitative estimate of drug-likeness (QED) is 0.0247. The molecule has 3 aliphatic heterocycles. The number of anilines is 2. The van der Waals surface area contributed by atoms with Crippen molar-refractivity contribution in [2.24, 2.45) is 11.7 Å². The van der Waals surface area contributed by atoms with Gasteiger partial charge in [0.1, 0.15) is 40.5 Å². The summed E-state index contributed by atoms with van der Waals surface area (Å²) < 4.78 is 30.4. The van der Waals surface area contributed by atoms with E-state index in [2.05, 4.69) is 77.6 Å². The Balaban J connectivity index is 0.000000488. The number of nitrogens with one attached hydrogen (secondary N) is 6. The number of amides is 9. The number of urea groups is 1. The van der Waals surface area contributed by atoms with Crippen LogP contribution in [-0.2, 0) is 49.5 Å². The first-order chi connectivity index (χ1) is 40.2. The number of allylic oxidation sites excluding steroid dienone is 3. The number of rotatable bonds is 22. The topological polar surface area (TPSA) is 330 Å². The maximum atomic E-state index is 13.8. The molecule has 9 amide bonds. The van der Waals surface area contributed by atoms with E-state index in [1.807, 2.05) is 37.3 Å². The number of alkyl carbamates (subject to hydrolysis) is 1. The third-order valence-corrected chi connectivity index (χ3v) is 15.2. The number of methoxy groups -OCH3 is 1. The van der Waals surface area contributed by atoms with Crippen LogP contribution in [0.1, 0.15) is 116 Å². The molecule has 0 spiro atoms. The molecule has 0 radical (unpaired) electrons. The first-order valence-corrected chi connectivity index (χ1v) is 30.6. The molecule has 4 bridgehead atoms. The molecular weight excluding hydrogens is 1260 g/mol. The number of alkyl halides is 2. The van der Waals surface area contributed by atoms with Gasteiger partial charge in [0.15, 0.2) is 0 Å². The number of benzene rings is 2. The number of unbranched alkanes of at least 4 members (excludes halogenated alkanes) is 2. The molecule has 3 heterocycles. The Hall–Kier alpha value is -6.35. The molecule has 2 aromatic carbocycles. The third kappa shape index (κ3) is 28.6. The van der Waals surface area contributed by atoms with E-state index in [0.717, 1.165) is 28.9 Å². The van der Waals surface area contributed by atoms with Gasteiger partial charge < -0.3 is 66.5 Å². The summed E-state index contributed by atoms with van der Waals surface area (Å²) in [4.78, 5) is 108. The number of carboxylic acid groups (broad SMARTS) is 1. The van der Waals surface area contributed by atoms with E-state index in [1.54, 1.807) is 32.0 Å². The van der Waals surface area contributed by atoms with Crippen LogP contribution in [0.3, 0.4) is 0 Å². The van der Waals surface area contributed by atoms with Gasteiger partial charge in [-0.1, -0.05) is 100 Å². The summed E-state index contributed by atoms with van der Waals surface area (Å²) in [6.45, 7) is 9.68. The first kappa shape index (κ1) is 74.7. The number of epoxide rings is 1. The Morgan fingerprint density at radius 3 is 2.29 bits per heavy atom. The Kier molecular flexibility index (Phi) is 34.6. The predicted molar refractivity (Wildman–Crippen MR) is 329 cm³/mol. The summed E-state index contributed by atoms with van der Waals surface area (Å²) in [5.41, 5.74) is 6.95. The summed E-state index contributed by atoms with van der Waals surface area (Å²) >= 11 is 13.1. The van der Waals surface area contributed by atoms with Crippen LogP contribution in [0.4, 0.5) is 25.4 Å². The van der Waals surface area contributed by atoms with E-state index in [4.69, 9.17) is 36.7 Å². The molecular formula is C58H85Br2ClFN9O14. The largest absolute Gasteiger partial charge is 0.495 e. The number of carbonyl (C=O) groups is 9. The van der Waals surface area contributed by atoms with Gasteiger partial charge in [-0.2, -0.15) is 0 Å². The van der Waals surface area contributed by atoms with Gasteiger partial charge >= 0.3 is 18.1 Å². The lowest BCUT2D eigenvalue weighted by atomic mass is 9.96. The van der Waals surface area contributed by atoms with Gasteiger partial charge in [-0.05, 0) is 94.7 Å². The highest BCUT2D eigenvalue weighted by Gasteiger charge is 2.45. The SMILES string of the molecule is CCC.COc1cc2cc(c1Cl)N(C)C(=O)CCC1O[C@H]1CC1C[C@](O)(C/C=C/C=C(\C)C2)NC(=O)O1.C[C@@H](C(=O)O)N(C)C=O.Cc1ccc(NC(=O)C(CCCNC(N)=O)NC(=O)CNC(=O)CCCCCNC(=O)C(CBr)CBr)cc1F. The number of nitrogens with zero attached hydrogens (tertiary/aromatic N) is 2. The van der Waals surface area contributed by atoms with Crippen molar-refractivity contribution >= 4 is 109 Å². The molecule has 0 saturated carbocycles. The van der Waals surface area contributed by atoms with Crippen molar-refractivity contribution in [1.82, 2.24) is 31.5 Å². The van der Waals surface area contributed by atoms with E-state index in [9.17, 15) is 52.6 Å². The first-order valence-electron chi connectivity index (χ1n) is 28.0. The zero-order chi connectivity index (χ0) is 63.8. The van der Waals surface area contributed by atoms with E-state index < -0.39 is 59.6 Å². The molecule has 85 heavy (non-hydrogen) atoms. The van der Waals surface area contributed by atoms with Gasteiger partial charge in [-0.15, -0.1) is 0 Å². The molecule has 2 aromatic rings. The van der Waals surface area contributed by atoms with Gasteiger partial charge in [0.25, 0.3) is 0 Å². The highest BCUT2D eigenvalue weighted by atomic mass is 79.9. The lowest BCUT2D eigenvalue weighted by Gasteiger charge is -2.36. The molecule has 2 fully saturated rings. The van der Waals surface area contributed by atoms with Gasteiger partial charge in [-0.3, -0.25) is 34.1 Å². The highest BCUT2D eigenvalue weighted by Crippen LogP contribution is 2.38. The molecule has 0 aliphatic carbocycles. The third-order valence-electron chi connectivity index (χ3n) is 13.3. The molecule has 23 nitrogen and oxygen atoms in total. The van der Waals surface area contributed by atoms with Crippen molar-refractivity contribution in [2.75, 3.05) is 61.7 Å². The zero-order valence-corrected chi connectivity index (χ0v) is 53.6. The number of ether oxygens (including phenoxy) is 3. The summed E-state index contributed by atoms with van der Waals surface area (Å²) in [7, 11) is 4.69. The Morgan fingerprint density at radius 1 is 1.00 bits per heavy atom. The minimum atomic E-state index is -1.37. The molecule has 0 aromatic heterocycles. The fraction of sp³-hybridized carbons (Fsp3) is 0.569. The monoisotopic (exact) mass is 1340 g/mol. The Morgan fingerprint density at radius 2 is 1.68 bits per heavy atom. The summed E-state index contributed by atoms with van der Waals surface area (Å²) in [6, 6.07) is 5.59. The smallest absolute Gasteiger partial charge is 0.409 e. The molecule has 6 atom stereocenters. The summed E-state index contributed by atoms with van der Waals surface area (Å²) in [5, 5.41) is 36.2. The minimum absolute atomic E-state index is 0.0327. The second-order valence-corrected chi connectivity index (χ2v) is 22.3. The number of hydrogen-bond acceptors (Lipinski definition) is 13. The van der Waals surface area contributed by atoms with Crippen LogP contribution in [0.5, 0.6) is 5.75 Å². The molecule has 474 valence electrons. The average Bonchev–Trinajstić information content (AvgIpc) is 4.00. The van der Waals surface area contributed by atoms with Crippen molar-refractivity contribution in [2.45, 2.75) is 154 Å². The van der Waals surface area contributed by atoms with Crippen LogP contribution in [0.2, 0.25) is 5.02 Å². The fourth-order valence-electron chi connectivity index (χ4n) is 8.17. The lowest BCUT2D eigenvalue weighted by molar-refractivity contribution is -0.144. The van der Waals surface area contributed by atoms with Gasteiger partial charge in [0.05, 0.1) is 37.5 Å². The maximum absolute atomic E-state index is 13.8. The molecule has 10 N–H and O–H groups in total. The Bertz CT molecular complexity index is 2620. The molecule has 27 heteroatoms. The van der Waals surface area contributed by atoms with Crippen molar-refractivity contribution in [1.29, 1.82) is 0 Å². The molecule has 2 saturated heterocycles. The normalized spacial score (nSPS) is 19.8. The summed E-state index contributed by atoms with van der Waals surface area (Å²) in [5.74, 6) is -2.66. The van der Waals surface area contributed by atoms with E-state index in [0.29, 0.717) is 84.2 Å². The van der Waals surface area contributed by atoms with E-state index in [1.165, 1.54) is 32.5 Å². The predicted octanol–water partition coefficient (Wildman–Crippen LogP) is 7.05. The average molecular weight is 1350 g/mol. The number of halogens is 4. The number of hydrogen-bond donors (Lipinski definition) is 9. The number of aliphatic carboxylic acids is 1. The van der Waals surface area contributed by atoms with Crippen LogP contribution in [0, 0.1) is 18.7 Å².